The van der Waals surface area contributed by atoms with Gasteiger partial charge < -0.3 is 20.6 Å². The summed E-state index contributed by atoms with van der Waals surface area (Å²) < 4.78 is 14.9. The van der Waals surface area contributed by atoms with Gasteiger partial charge in [-0.05, 0) is 25.0 Å². The number of phosphoric acid groups is 1. The average Bonchev–Trinajstić information content (AvgIpc) is 2.59. The van der Waals surface area contributed by atoms with Gasteiger partial charge in [-0.15, -0.1) is 0 Å². The molecule has 0 aromatic carbocycles. The van der Waals surface area contributed by atoms with Crippen molar-refractivity contribution in [1.29, 1.82) is 0 Å². The van der Waals surface area contributed by atoms with Crippen LogP contribution in [0.1, 0.15) is 77.0 Å². The first-order valence-corrected chi connectivity index (χ1v) is 12.0. The van der Waals surface area contributed by atoms with E-state index in [0.717, 1.165) is 18.6 Å². The van der Waals surface area contributed by atoms with Gasteiger partial charge in [0.15, 0.2) is 0 Å². The zero-order chi connectivity index (χ0) is 19.7. The molecule has 0 aliphatic heterocycles. The van der Waals surface area contributed by atoms with Crippen LogP contribution >= 0.6 is 20.5 Å². The Balaban J connectivity index is 3.43. The SMILES string of the molecule is [NH3+][C@@H](COP(=O)(O)O)[C@H](O)/C=C/CCCCCCCCCCCCCS. The Bertz CT molecular complexity index is 392. The molecule has 2 atom stereocenters. The number of phosphoric ester groups is 1. The molecule has 0 unspecified atom stereocenters. The van der Waals surface area contributed by atoms with Gasteiger partial charge in [0.05, 0.1) is 0 Å². The van der Waals surface area contributed by atoms with Gasteiger partial charge >= 0.3 is 7.82 Å². The summed E-state index contributed by atoms with van der Waals surface area (Å²) in [7, 11) is -4.50. The summed E-state index contributed by atoms with van der Waals surface area (Å²) in [6, 6.07) is -0.600. The zero-order valence-electron chi connectivity index (χ0n) is 16.0. The zero-order valence-corrected chi connectivity index (χ0v) is 17.8. The fraction of sp³-hybridized carbons (Fsp3) is 0.889. The first-order chi connectivity index (χ1) is 12.4. The highest BCUT2D eigenvalue weighted by molar-refractivity contribution is 7.80. The Morgan fingerprint density at radius 1 is 0.923 bits per heavy atom. The minimum absolute atomic E-state index is 0.273. The van der Waals surface area contributed by atoms with Crippen LogP contribution in [0.4, 0.5) is 0 Å². The number of hydrogen-bond donors (Lipinski definition) is 5. The van der Waals surface area contributed by atoms with Gasteiger partial charge in [0, 0.05) is 0 Å². The minimum atomic E-state index is -4.50. The molecule has 0 aromatic rings. The van der Waals surface area contributed by atoms with Crippen molar-refractivity contribution in [1.82, 2.24) is 0 Å². The second-order valence-electron chi connectivity index (χ2n) is 6.87. The van der Waals surface area contributed by atoms with Crippen molar-refractivity contribution in [3.63, 3.8) is 0 Å². The predicted octanol–water partition coefficient (Wildman–Crippen LogP) is 3.23. The molecule has 6 N–H and O–H groups in total. The molecule has 8 heteroatoms. The van der Waals surface area contributed by atoms with Crippen LogP contribution in [0.15, 0.2) is 12.2 Å². The van der Waals surface area contributed by atoms with Crippen LogP contribution in [-0.4, -0.2) is 39.4 Å². The fourth-order valence-corrected chi connectivity index (χ4v) is 3.26. The molecule has 0 saturated heterocycles. The van der Waals surface area contributed by atoms with E-state index >= 15 is 0 Å². The molecule has 0 rings (SSSR count). The Labute approximate surface area is 164 Å². The summed E-state index contributed by atoms with van der Waals surface area (Å²) in [5, 5.41) is 9.82. The number of hydrogen-bond acceptors (Lipinski definition) is 4. The molecule has 0 spiro atoms. The van der Waals surface area contributed by atoms with Crippen molar-refractivity contribution in [2.75, 3.05) is 12.4 Å². The van der Waals surface area contributed by atoms with Gasteiger partial charge in [0.2, 0.25) is 0 Å². The highest BCUT2D eigenvalue weighted by atomic mass is 32.1. The average molecular weight is 413 g/mol. The van der Waals surface area contributed by atoms with E-state index in [2.05, 4.69) is 22.9 Å². The highest BCUT2D eigenvalue weighted by Crippen LogP contribution is 2.35. The van der Waals surface area contributed by atoms with E-state index in [1.165, 1.54) is 64.2 Å². The maximum absolute atomic E-state index is 10.6. The first-order valence-electron chi connectivity index (χ1n) is 9.85. The third-order valence-corrected chi connectivity index (χ3v) is 5.10. The normalized spacial score (nSPS) is 14.8. The van der Waals surface area contributed by atoms with Crippen LogP contribution in [-0.2, 0) is 9.09 Å². The number of unbranched alkanes of at least 4 members (excludes halogenated alkanes) is 11. The van der Waals surface area contributed by atoms with Crippen molar-refractivity contribution in [3.8, 4) is 0 Å². The molecule has 0 heterocycles. The molecule has 0 amide bonds. The fourth-order valence-electron chi connectivity index (χ4n) is 2.65. The lowest BCUT2D eigenvalue weighted by atomic mass is 10.0. The van der Waals surface area contributed by atoms with Gasteiger partial charge in [-0.2, -0.15) is 12.6 Å². The molecular formula is C18H39NO5PS+. The standard InChI is InChI=1S/C18H38NO5PS/c19-17(16-24-25(21,22)23)18(20)14-12-10-8-6-4-2-1-3-5-7-9-11-13-15-26/h12,14,17-18,20,26H,1-11,13,15-16,19H2,(H2,21,22,23)/p+1/b14-12+/t17-,18+/m0/s1. The second-order valence-corrected chi connectivity index (χ2v) is 8.55. The largest absolute Gasteiger partial charge is 0.469 e. The van der Waals surface area contributed by atoms with E-state index < -0.39 is 20.0 Å². The van der Waals surface area contributed by atoms with Crippen LogP contribution < -0.4 is 5.73 Å². The molecule has 6 nitrogen and oxygen atoms in total. The summed E-state index contributed by atoms with van der Waals surface area (Å²) >= 11 is 4.22. The Hall–Kier alpha value is 0.120. The minimum Gasteiger partial charge on any atom is -0.383 e. The van der Waals surface area contributed by atoms with Crippen molar-refractivity contribution in [3.05, 3.63) is 12.2 Å². The van der Waals surface area contributed by atoms with E-state index in [-0.39, 0.29) is 6.61 Å². The molecule has 0 aliphatic carbocycles. The highest BCUT2D eigenvalue weighted by Gasteiger charge is 2.21. The lowest BCUT2D eigenvalue weighted by molar-refractivity contribution is -0.437. The van der Waals surface area contributed by atoms with Crippen LogP contribution in [0.2, 0.25) is 0 Å². The third-order valence-electron chi connectivity index (χ3n) is 4.30. The van der Waals surface area contributed by atoms with Crippen molar-refractivity contribution >= 4 is 20.5 Å². The predicted molar refractivity (Wildman–Crippen MR) is 109 cm³/mol. The van der Waals surface area contributed by atoms with E-state index in [4.69, 9.17) is 9.79 Å². The van der Waals surface area contributed by atoms with Crippen LogP contribution in [0.25, 0.3) is 0 Å². The Morgan fingerprint density at radius 2 is 1.38 bits per heavy atom. The summed E-state index contributed by atoms with van der Waals surface area (Å²) in [4.78, 5) is 17.2. The molecule has 0 bridgehead atoms. The number of thiol groups is 1. The van der Waals surface area contributed by atoms with E-state index in [1.54, 1.807) is 6.08 Å². The quantitative estimate of drug-likeness (QED) is 0.103. The Kier molecular flexibility index (Phi) is 17.3. The van der Waals surface area contributed by atoms with Crippen molar-refractivity contribution < 1.29 is 29.7 Å². The molecule has 0 fully saturated rings. The number of quaternary nitrogens is 1. The maximum Gasteiger partial charge on any atom is 0.469 e. The molecule has 0 aliphatic rings. The van der Waals surface area contributed by atoms with Gasteiger partial charge in [0.25, 0.3) is 0 Å². The monoisotopic (exact) mass is 412 g/mol. The molecule has 0 saturated carbocycles. The summed E-state index contributed by atoms with van der Waals surface area (Å²) in [5.41, 5.74) is 3.65. The van der Waals surface area contributed by atoms with Crippen LogP contribution in [0.5, 0.6) is 0 Å². The van der Waals surface area contributed by atoms with Gasteiger partial charge in [-0.1, -0.05) is 69.9 Å². The molecule has 26 heavy (non-hydrogen) atoms. The van der Waals surface area contributed by atoms with Crippen LogP contribution in [0, 0.1) is 0 Å². The summed E-state index contributed by atoms with van der Waals surface area (Å²) in [5.74, 6) is 1.01. The first kappa shape index (κ1) is 26.1. The number of aliphatic hydroxyl groups is 1. The van der Waals surface area contributed by atoms with Gasteiger partial charge in [-0.3, -0.25) is 4.52 Å². The summed E-state index contributed by atoms with van der Waals surface area (Å²) in [6.45, 7) is -0.273. The van der Waals surface area contributed by atoms with Crippen LogP contribution in [0.3, 0.4) is 0 Å². The third kappa shape index (κ3) is 18.9. The van der Waals surface area contributed by atoms with E-state index in [9.17, 15) is 9.67 Å². The second kappa shape index (κ2) is 17.2. The van der Waals surface area contributed by atoms with E-state index in [1.807, 2.05) is 6.08 Å². The topological polar surface area (TPSA) is 115 Å². The number of allylic oxidation sites excluding steroid dienone is 1. The lowest BCUT2D eigenvalue weighted by Crippen LogP contribution is -2.68. The Morgan fingerprint density at radius 3 is 1.85 bits per heavy atom. The number of aliphatic hydroxyl groups excluding tert-OH is 1. The molecular weight excluding hydrogens is 373 g/mol. The van der Waals surface area contributed by atoms with E-state index in [0.29, 0.717) is 0 Å². The smallest absolute Gasteiger partial charge is 0.383 e. The molecule has 0 aromatic heterocycles. The molecule has 156 valence electrons. The van der Waals surface area contributed by atoms with Crippen molar-refractivity contribution in [2.24, 2.45) is 0 Å². The molecule has 0 radical (unpaired) electrons. The maximum atomic E-state index is 10.6. The van der Waals surface area contributed by atoms with Gasteiger partial charge in [0.1, 0.15) is 18.8 Å². The van der Waals surface area contributed by atoms with Crippen molar-refractivity contribution in [2.45, 2.75) is 89.2 Å². The summed E-state index contributed by atoms with van der Waals surface area (Å²) in [6.07, 6.45) is 17.7. The van der Waals surface area contributed by atoms with Gasteiger partial charge in [-0.25, -0.2) is 4.57 Å². The lowest BCUT2D eigenvalue weighted by Gasteiger charge is -2.13. The number of rotatable bonds is 18.